The smallest absolute Gasteiger partial charge is 0.232 e. The van der Waals surface area contributed by atoms with Crippen LogP contribution in [0.5, 0.6) is 0 Å². The molecule has 0 amide bonds. The Hall–Kier alpha value is -2.20. The van der Waals surface area contributed by atoms with Crippen LogP contribution in [0.15, 0.2) is 34.9 Å². The molecule has 2 aromatic heterocycles. The van der Waals surface area contributed by atoms with Crippen molar-refractivity contribution in [2.24, 2.45) is 0 Å². The average molecular weight is 497 g/mol. The van der Waals surface area contributed by atoms with E-state index in [9.17, 15) is 8.42 Å². The standard InChI is InChI=1S/C21H22Cl2N4O4S/c1-2-12-32(28,29)27-15-5-3-4-14(17(15)22)18-19(16-6-9-24-21(23)25-16)31-20(26-18)13-7-10-30-11-8-13/h3-6,9,13,27H,2,7-8,10-12H2,1H3. The number of ether oxygens (including phenoxy) is 1. The SMILES string of the molecule is CCCS(=O)(=O)Nc1cccc(-c2nc(C3CCOCC3)oc2-c2ccnc(Cl)n2)c1Cl. The molecule has 1 fully saturated rings. The number of nitrogens with zero attached hydrogens (tertiary/aromatic N) is 3. The number of halogens is 2. The molecule has 3 heterocycles. The van der Waals surface area contributed by atoms with Crippen LogP contribution in [0.2, 0.25) is 10.3 Å². The van der Waals surface area contributed by atoms with Crippen LogP contribution in [0.3, 0.4) is 0 Å². The van der Waals surface area contributed by atoms with Crippen molar-refractivity contribution in [2.45, 2.75) is 32.1 Å². The number of benzene rings is 1. The van der Waals surface area contributed by atoms with E-state index in [-0.39, 0.29) is 27.7 Å². The Labute approximate surface area is 196 Å². The lowest BCUT2D eigenvalue weighted by atomic mass is 10.0. The number of oxazole rings is 1. The minimum atomic E-state index is -3.52. The molecule has 32 heavy (non-hydrogen) atoms. The first-order valence-electron chi connectivity index (χ1n) is 10.2. The molecule has 0 atom stereocenters. The van der Waals surface area contributed by atoms with Gasteiger partial charge >= 0.3 is 0 Å². The highest BCUT2D eigenvalue weighted by Crippen LogP contribution is 2.41. The molecule has 0 bridgehead atoms. The summed E-state index contributed by atoms with van der Waals surface area (Å²) in [5.41, 5.74) is 1.72. The second-order valence-corrected chi connectivity index (χ2v) is 9.97. The second-order valence-electron chi connectivity index (χ2n) is 7.42. The minimum Gasteiger partial charge on any atom is -0.438 e. The van der Waals surface area contributed by atoms with E-state index in [4.69, 9.17) is 37.3 Å². The summed E-state index contributed by atoms with van der Waals surface area (Å²) in [6.45, 7) is 3.06. The molecule has 3 aromatic rings. The summed E-state index contributed by atoms with van der Waals surface area (Å²) < 4.78 is 38.8. The maximum absolute atomic E-state index is 12.3. The number of sulfonamides is 1. The van der Waals surface area contributed by atoms with Gasteiger partial charge in [-0.05, 0) is 43.0 Å². The molecule has 170 valence electrons. The molecule has 11 heteroatoms. The Morgan fingerprint density at radius 3 is 2.66 bits per heavy atom. The van der Waals surface area contributed by atoms with Gasteiger partial charge in [0.25, 0.3) is 0 Å². The quantitative estimate of drug-likeness (QED) is 0.450. The summed E-state index contributed by atoms with van der Waals surface area (Å²) in [6, 6.07) is 6.76. The number of hydrogen-bond acceptors (Lipinski definition) is 7. The molecule has 1 N–H and O–H groups in total. The highest BCUT2D eigenvalue weighted by Gasteiger charge is 2.27. The van der Waals surface area contributed by atoms with Gasteiger partial charge in [-0.2, -0.15) is 0 Å². The average Bonchev–Trinajstić information content (AvgIpc) is 3.21. The molecule has 0 spiro atoms. The number of anilines is 1. The summed E-state index contributed by atoms with van der Waals surface area (Å²) in [5, 5.41) is 0.296. The zero-order valence-corrected chi connectivity index (χ0v) is 19.7. The third kappa shape index (κ3) is 5.06. The molecule has 0 unspecified atom stereocenters. The van der Waals surface area contributed by atoms with Crippen LogP contribution in [-0.4, -0.2) is 42.3 Å². The predicted molar refractivity (Wildman–Crippen MR) is 123 cm³/mol. The van der Waals surface area contributed by atoms with Crippen LogP contribution >= 0.6 is 23.2 Å². The van der Waals surface area contributed by atoms with Crippen molar-refractivity contribution in [3.05, 3.63) is 46.7 Å². The van der Waals surface area contributed by atoms with Crippen molar-refractivity contribution in [1.82, 2.24) is 15.0 Å². The van der Waals surface area contributed by atoms with Crippen molar-refractivity contribution in [3.8, 4) is 22.7 Å². The fourth-order valence-corrected chi connectivity index (χ4v) is 5.17. The molecule has 0 aliphatic carbocycles. The molecule has 8 nitrogen and oxygen atoms in total. The number of hydrogen-bond donors (Lipinski definition) is 1. The lowest BCUT2D eigenvalue weighted by Crippen LogP contribution is -2.16. The zero-order chi connectivity index (χ0) is 22.7. The molecule has 4 rings (SSSR count). The van der Waals surface area contributed by atoms with E-state index in [1.807, 2.05) is 0 Å². The van der Waals surface area contributed by atoms with Crippen LogP contribution in [0.1, 0.15) is 38.0 Å². The van der Waals surface area contributed by atoms with Gasteiger partial charge < -0.3 is 9.15 Å². The summed E-state index contributed by atoms with van der Waals surface area (Å²) in [6.07, 6.45) is 3.59. The van der Waals surface area contributed by atoms with Gasteiger partial charge in [0.15, 0.2) is 11.7 Å². The Balaban J connectivity index is 1.82. The van der Waals surface area contributed by atoms with Crippen molar-refractivity contribution >= 4 is 38.9 Å². The van der Waals surface area contributed by atoms with Crippen LogP contribution in [0.25, 0.3) is 22.7 Å². The first-order chi connectivity index (χ1) is 15.4. The first kappa shape index (κ1) is 23.0. The summed E-state index contributed by atoms with van der Waals surface area (Å²) >= 11 is 12.7. The fourth-order valence-electron chi connectivity index (χ4n) is 3.55. The van der Waals surface area contributed by atoms with Crippen molar-refractivity contribution in [3.63, 3.8) is 0 Å². The topological polar surface area (TPSA) is 107 Å². The van der Waals surface area contributed by atoms with Crippen molar-refractivity contribution < 1.29 is 17.6 Å². The fraction of sp³-hybridized carbons (Fsp3) is 0.381. The van der Waals surface area contributed by atoms with E-state index in [1.165, 1.54) is 6.20 Å². The minimum absolute atomic E-state index is 0.00387. The maximum atomic E-state index is 12.3. The van der Waals surface area contributed by atoms with Gasteiger partial charge in [0.1, 0.15) is 11.4 Å². The third-order valence-electron chi connectivity index (χ3n) is 5.07. The van der Waals surface area contributed by atoms with Gasteiger partial charge in [-0.25, -0.2) is 23.4 Å². The molecule has 1 saturated heterocycles. The first-order valence-corrected chi connectivity index (χ1v) is 12.7. The van der Waals surface area contributed by atoms with Gasteiger partial charge in [0.05, 0.1) is 16.5 Å². The summed E-state index contributed by atoms with van der Waals surface area (Å²) in [7, 11) is -3.52. The summed E-state index contributed by atoms with van der Waals surface area (Å²) in [5.74, 6) is 1.04. The number of aromatic nitrogens is 3. The molecular formula is C21H22Cl2N4O4S. The monoisotopic (exact) mass is 496 g/mol. The normalized spacial score (nSPS) is 15.1. The van der Waals surface area contributed by atoms with Crippen LogP contribution in [0.4, 0.5) is 5.69 Å². The molecule has 1 aromatic carbocycles. The zero-order valence-electron chi connectivity index (χ0n) is 17.3. The van der Waals surface area contributed by atoms with Gasteiger partial charge in [0, 0.05) is 30.9 Å². The van der Waals surface area contributed by atoms with Crippen LogP contribution < -0.4 is 4.72 Å². The van der Waals surface area contributed by atoms with E-state index < -0.39 is 10.0 Å². The third-order valence-corrected chi connectivity index (χ3v) is 7.13. The molecule has 1 aliphatic heterocycles. The molecule has 0 saturated carbocycles. The Bertz CT molecular complexity index is 1210. The summed E-state index contributed by atoms with van der Waals surface area (Å²) in [4.78, 5) is 12.9. The van der Waals surface area contributed by atoms with E-state index in [0.29, 0.717) is 48.2 Å². The van der Waals surface area contributed by atoms with E-state index in [0.717, 1.165) is 12.8 Å². The lowest BCUT2D eigenvalue weighted by molar-refractivity contribution is 0.0796. The van der Waals surface area contributed by atoms with E-state index in [1.54, 1.807) is 31.2 Å². The van der Waals surface area contributed by atoms with Crippen LogP contribution in [0, 0.1) is 0 Å². The van der Waals surface area contributed by atoms with Crippen molar-refractivity contribution in [2.75, 3.05) is 23.7 Å². The second kappa shape index (κ2) is 9.74. The number of rotatable bonds is 7. The van der Waals surface area contributed by atoms with Gasteiger partial charge in [-0.15, -0.1) is 0 Å². The maximum Gasteiger partial charge on any atom is 0.232 e. The van der Waals surface area contributed by atoms with Gasteiger partial charge in [-0.3, -0.25) is 4.72 Å². The lowest BCUT2D eigenvalue weighted by Gasteiger charge is -2.18. The number of nitrogens with one attached hydrogen (secondary N) is 1. The Kier molecular flexibility index (Phi) is 6.99. The Morgan fingerprint density at radius 2 is 1.94 bits per heavy atom. The largest absolute Gasteiger partial charge is 0.438 e. The molecule has 1 aliphatic rings. The predicted octanol–water partition coefficient (Wildman–Crippen LogP) is 5.15. The molecule has 0 radical (unpaired) electrons. The highest BCUT2D eigenvalue weighted by atomic mass is 35.5. The van der Waals surface area contributed by atoms with Crippen LogP contribution in [-0.2, 0) is 14.8 Å². The Morgan fingerprint density at radius 1 is 1.16 bits per heavy atom. The van der Waals surface area contributed by atoms with E-state index in [2.05, 4.69) is 14.7 Å². The van der Waals surface area contributed by atoms with Gasteiger partial charge in [-0.1, -0.05) is 30.7 Å². The van der Waals surface area contributed by atoms with Crippen molar-refractivity contribution in [1.29, 1.82) is 0 Å². The van der Waals surface area contributed by atoms with Gasteiger partial charge in [0.2, 0.25) is 15.3 Å². The highest BCUT2D eigenvalue weighted by molar-refractivity contribution is 7.92. The molecular weight excluding hydrogens is 475 g/mol. The van der Waals surface area contributed by atoms with E-state index >= 15 is 0 Å².